The lowest BCUT2D eigenvalue weighted by Gasteiger charge is -2.05. The Kier molecular flexibility index (Phi) is 3.06. The summed E-state index contributed by atoms with van der Waals surface area (Å²) in [5.74, 6) is 0.538. The minimum absolute atomic E-state index is 0.406. The fraction of sp³-hybridized carbons (Fsp3) is 0.556. The van der Waals surface area contributed by atoms with Crippen LogP contribution < -0.4 is 5.73 Å². The van der Waals surface area contributed by atoms with Gasteiger partial charge in [-0.05, 0) is 13.3 Å². The van der Waals surface area contributed by atoms with E-state index in [-0.39, 0.29) is 0 Å². The van der Waals surface area contributed by atoms with Gasteiger partial charge in [-0.3, -0.25) is 4.79 Å². The van der Waals surface area contributed by atoms with E-state index in [9.17, 15) is 4.79 Å². The van der Waals surface area contributed by atoms with Crippen LogP contribution in [0.5, 0.6) is 0 Å². The molecule has 0 atom stereocenters. The van der Waals surface area contributed by atoms with Gasteiger partial charge in [-0.15, -0.1) is 0 Å². The molecule has 1 aromatic heterocycles. The Balaban J connectivity index is 3.03. The number of aromatic nitrogens is 2. The van der Waals surface area contributed by atoms with Gasteiger partial charge in [0.25, 0.3) is 5.91 Å². The quantitative estimate of drug-likeness (QED) is 0.751. The van der Waals surface area contributed by atoms with Crippen LogP contribution in [0.1, 0.15) is 36.6 Å². The smallest absolute Gasteiger partial charge is 0.266 e. The Morgan fingerprint density at radius 3 is 2.77 bits per heavy atom. The molecule has 2 N–H and O–H groups in total. The lowest BCUT2D eigenvalue weighted by molar-refractivity contribution is 0.0991. The van der Waals surface area contributed by atoms with E-state index < -0.39 is 5.91 Å². The summed E-state index contributed by atoms with van der Waals surface area (Å²) in [6.45, 7) is 4.81. The van der Waals surface area contributed by atoms with E-state index in [0.29, 0.717) is 5.69 Å². The van der Waals surface area contributed by atoms with E-state index in [1.165, 1.54) is 0 Å². The van der Waals surface area contributed by atoms with Crippen LogP contribution in [0.25, 0.3) is 0 Å². The Hall–Kier alpha value is -1.32. The molecular weight excluding hydrogens is 166 g/mol. The standard InChI is InChI=1S/C9H15N3O/c1-3-5-8-11-6-7(9(10)13)12(8)4-2/h6H,3-5H2,1-2H3,(H2,10,13). The number of imidazole rings is 1. The normalized spacial score (nSPS) is 10.3. The van der Waals surface area contributed by atoms with Gasteiger partial charge in [0.2, 0.25) is 0 Å². The fourth-order valence-electron chi connectivity index (χ4n) is 1.39. The lowest BCUT2D eigenvalue weighted by Crippen LogP contribution is -2.17. The molecular formula is C9H15N3O. The largest absolute Gasteiger partial charge is 0.364 e. The molecule has 1 amide bonds. The second-order valence-electron chi connectivity index (χ2n) is 2.92. The SMILES string of the molecule is CCCc1ncc(C(N)=O)n1CC. The van der Waals surface area contributed by atoms with Crippen molar-refractivity contribution < 1.29 is 4.79 Å². The highest BCUT2D eigenvalue weighted by atomic mass is 16.1. The van der Waals surface area contributed by atoms with Crippen LogP contribution in [-0.2, 0) is 13.0 Å². The summed E-state index contributed by atoms with van der Waals surface area (Å²) in [5, 5.41) is 0. The molecule has 4 heteroatoms. The summed E-state index contributed by atoms with van der Waals surface area (Å²) in [6.07, 6.45) is 3.47. The lowest BCUT2D eigenvalue weighted by atomic mass is 10.3. The highest BCUT2D eigenvalue weighted by Crippen LogP contribution is 2.06. The molecule has 0 aliphatic rings. The maximum Gasteiger partial charge on any atom is 0.266 e. The molecule has 0 spiro atoms. The minimum atomic E-state index is -0.406. The molecule has 4 nitrogen and oxygen atoms in total. The number of hydrogen-bond donors (Lipinski definition) is 1. The Morgan fingerprint density at radius 2 is 2.31 bits per heavy atom. The molecule has 0 bridgehead atoms. The molecule has 1 rings (SSSR count). The third-order valence-corrected chi connectivity index (χ3v) is 1.98. The van der Waals surface area contributed by atoms with Crippen molar-refractivity contribution in [1.82, 2.24) is 9.55 Å². The molecule has 0 aromatic carbocycles. The number of primary amides is 1. The maximum atomic E-state index is 11.0. The van der Waals surface area contributed by atoms with Crippen LogP contribution in [0.3, 0.4) is 0 Å². The summed E-state index contributed by atoms with van der Waals surface area (Å²) in [4.78, 5) is 15.1. The van der Waals surface area contributed by atoms with Crippen molar-refractivity contribution in [2.75, 3.05) is 0 Å². The number of rotatable bonds is 4. The van der Waals surface area contributed by atoms with Crippen LogP contribution in [0.4, 0.5) is 0 Å². The van der Waals surface area contributed by atoms with Gasteiger partial charge in [0, 0.05) is 13.0 Å². The van der Waals surface area contributed by atoms with Gasteiger partial charge in [-0.2, -0.15) is 0 Å². The van der Waals surface area contributed by atoms with Gasteiger partial charge in [-0.1, -0.05) is 6.92 Å². The summed E-state index contributed by atoms with van der Waals surface area (Å²) < 4.78 is 1.87. The van der Waals surface area contributed by atoms with E-state index >= 15 is 0 Å². The Bertz CT molecular complexity index is 304. The molecule has 0 fully saturated rings. The van der Waals surface area contributed by atoms with Crippen LogP contribution in [0.15, 0.2) is 6.20 Å². The highest BCUT2D eigenvalue weighted by Gasteiger charge is 2.11. The van der Waals surface area contributed by atoms with Gasteiger partial charge in [0.15, 0.2) is 0 Å². The predicted molar refractivity (Wildman–Crippen MR) is 50.4 cm³/mol. The first-order valence-corrected chi connectivity index (χ1v) is 4.54. The molecule has 13 heavy (non-hydrogen) atoms. The zero-order valence-corrected chi connectivity index (χ0v) is 8.08. The monoisotopic (exact) mass is 181 g/mol. The van der Waals surface area contributed by atoms with E-state index in [1.807, 2.05) is 11.5 Å². The highest BCUT2D eigenvalue weighted by molar-refractivity contribution is 5.90. The van der Waals surface area contributed by atoms with Gasteiger partial charge < -0.3 is 10.3 Å². The molecule has 0 unspecified atom stereocenters. The first-order chi connectivity index (χ1) is 6.20. The molecule has 0 aliphatic carbocycles. The second kappa shape index (κ2) is 4.07. The van der Waals surface area contributed by atoms with Crippen molar-refractivity contribution in [3.8, 4) is 0 Å². The van der Waals surface area contributed by atoms with Crippen molar-refractivity contribution in [3.05, 3.63) is 17.7 Å². The third kappa shape index (κ3) is 1.88. The number of nitrogens with two attached hydrogens (primary N) is 1. The van der Waals surface area contributed by atoms with Gasteiger partial charge in [0.05, 0.1) is 6.20 Å². The van der Waals surface area contributed by atoms with Gasteiger partial charge in [0.1, 0.15) is 11.5 Å². The molecule has 0 saturated carbocycles. The number of carbonyl (C=O) groups is 1. The second-order valence-corrected chi connectivity index (χ2v) is 2.92. The van der Waals surface area contributed by atoms with Crippen molar-refractivity contribution in [2.45, 2.75) is 33.2 Å². The summed E-state index contributed by atoms with van der Waals surface area (Å²) in [6, 6.07) is 0. The van der Waals surface area contributed by atoms with Gasteiger partial charge in [-0.25, -0.2) is 4.98 Å². The number of nitrogens with zero attached hydrogens (tertiary/aromatic N) is 2. The van der Waals surface area contributed by atoms with Crippen LogP contribution in [0, 0.1) is 0 Å². The van der Waals surface area contributed by atoms with E-state index in [4.69, 9.17) is 5.73 Å². The molecule has 1 aromatic rings. The first-order valence-electron chi connectivity index (χ1n) is 4.54. The number of carbonyl (C=O) groups excluding carboxylic acids is 1. The van der Waals surface area contributed by atoms with Gasteiger partial charge >= 0.3 is 0 Å². The number of hydrogen-bond acceptors (Lipinski definition) is 2. The molecule has 0 saturated heterocycles. The molecule has 1 heterocycles. The average Bonchev–Trinajstić information content (AvgIpc) is 2.48. The van der Waals surface area contributed by atoms with Crippen molar-refractivity contribution in [2.24, 2.45) is 5.73 Å². The average molecular weight is 181 g/mol. The van der Waals surface area contributed by atoms with Crippen LogP contribution in [0.2, 0.25) is 0 Å². The molecule has 0 radical (unpaired) electrons. The van der Waals surface area contributed by atoms with Crippen molar-refractivity contribution in [1.29, 1.82) is 0 Å². The number of amides is 1. The summed E-state index contributed by atoms with van der Waals surface area (Å²) >= 11 is 0. The topological polar surface area (TPSA) is 60.9 Å². The van der Waals surface area contributed by atoms with E-state index in [0.717, 1.165) is 25.2 Å². The summed E-state index contributed by atoms with van der Waals surface area (Å²) in [5.41, 5.74) is 5.71. The predicted octanol–water partition coefficient (Wildman–Crippen LogP) is 0.954. The summed E-state index contributed by atoms with van der Waals surface area (Å²) in [7, 11) is 0. The first kappa shape index (κ1) is 9.77. The van der Waals surface area contributed by atoms with Crippen LogP contribution >= 0.6 is 0 Å². The zero-order valence-electron chi connectivity index (χ0n) is 8.08. The zero-order chi connectivity index (χ0) is 9.84. The fourth-order valence-corrected chi connectivity index (χ4v) is 1.39. The van der Waals surface area contributed by atoms with E-state index in [2.05, 4.69) is 11.9 Å². The van der Waals surface area contributed by atoms with E-state index in [1.54, 1.807) is 6.20 Å². The van der Waals surface area contributed by atoms with Crippen molar-refractivity contribution >= 4 is 5.91 Å². The maximum absolute atomic E-state index is 11.0. The molecule has 72 valence electrons. The minimum Gasteiger partial charge on any atom is -0.364 e. The van der Waals surface area contributed by atoms with Crippen molar-refractivity contribution in [3.63, 3.8) is 0 Å². The molecule has 0 aliphatic heterocycles. The Labute approximate surface area is 77.8 Å². The third-order valence-electron chi connectivity index (χ3n) is 1.98. The Morgan fingerprint density at radius 1 is 1.62 bits per heavy atom. The number of aryl methyl sites for hydroxylation is 1. The van der Waals surface area contributed by atoms with Crippen LogP contribution in [-0.4, -0.2) is 15.5 Å².